The van der Waals surface area contributed by atoms with E-state index in [1.807, 2.05) is 0 Å². The second-order valence-corrected chi connectivity index (χ2v) is 4.43. The normalized spacial score (nSPS) is 28.5. The lowest BCUT2D eigenvalue weighted by Gasteiger charge is -2.26. The van der Waals surface area contributed by atoms with E-state index >= 15 is 0 Å². The Balaban J connectivity index is 2.26. The first-order valence-electron chi connectivity index (χ1n) is 5.93. The molecule has 1 fully saturated rings. The molecule has 2 nitrogen and oxygen atoms in total. The number of ether oxygens (including phenoxy) is 1. The smallest absolute Gasteiger partial charge is 0.376 e. The number of halogens is 3. The molecule has 1 aliphatic rings. The quantitative estimate of drug-likeness (QED) is 0.821. The van der Waals surface area contributed by atoms with E-state index in [0.29, 0.717) is 0 Å². The minimum absolute atomic E-state index is 0.103. The minimum atomic E-state index is -4.13. The number of rotatable bonds is 3. The van der Waals surface area contributed by atoms with Crippen molar-refractivity contribution in [3.05, 3.63) is 0 Å². The van der Waals surface area contributed by atoms with Crippen LogP contribution in [0.15, 0.2) is 0 Å². The summed E-state index contributed by atoms with van der Waals surface area (Å²) in [6, 6.07) is -0.103. The largest absolute Gasteiger partial charge is 0.391 e. The van der Waals surface area contributed by atoms with Crippen molar-refractivity contribution in [3.8, 4) is 0 Å². The number of nitrogens with two attached hydrogens (primary N) is 1. The van der Waals surface area contributed by atoms with Crippen LogP contribution in [0.25, 0.3) is 0 Å². The Morgan fingerprint density at radius 1 is 1.06 bits per heavy atom. The molecular formula is C11H20F3NO. The second-order valence-electron chi connectivity index (χ2n) is 4.43. The van der Waals surface area contributed by atoms with Crippen molar-refractivity contribution in [1.82, 2.24) is 0 Å². The maximum atomic E-state index is 11.9. The van der Waals surface area contributed by atoms with E-state index in [4.69, 9.17) is 10.5 Å². The third kappa shape index (κ3) is 5.70. The molecule has 0 aromatic carbocycles. The average Bonchev–Trinajstić information content (AvgIpc) is 2.15. The summed E-state index contributed by atoms with van der Waals surface area (Å²) in [6.45, 7) is -0.262. The first kappa shape index (κ1) is 13.8. The van der Waals surface area contributed by atoms with Gasteiger partial charge < -0.3 is 10.5 Å². The maximum Gasteiger partial charge on any atom is 0.391 e. The van der Waals surface area contributed by atoms with Gasteiger partial charge in [-0.05, 0) is 12.8 Å². The molecule has 96 valence electrons. The molecule has 0 saturated heterocycles. The highest BCUT2D eigenvalue weighted by Crippen LogP contribution is 2.22. The fourth-order valence-corrected chi connectivity index (χ4v) is 2.01. The second kappa shape index (κ2) is 6.45. The Morgan fingerprint density at radius 2 is 1.69 bits per heavy atom. The fraction of sp³-hybridized carbons (Fsp3) is 1.00. The van der Waals surface area contributed by atoms with Gasteiger partial charge in [0.15, 0.2) is 0 Å². The van der Waals surface area contributed by atoms with Crippen LogP contribution in [0.5, 0.6) is 0 Å². The van der Waals surface area contributed by atoms with Crippen LogP contribution in [-0.2, 0) is 4.74 Å². The summed E-state index contributed by atoms with van der Waals surface area (Å²) in [5.74, 6) is 0. The Bertz CT molecular complexity index is 196. The summed E-state index contributed by atoms with van der Waals surface area (Å²) >= 11 is 0. The predicted molar refractivity (Wildman–Crippen MR) is 56.1 cm³/mol. The highest BCUT2D eigenvalue weighted by Gasteiger charge is 2.28. The zero-order chi connectivity index (χ0) is 12.0. The highest BCUT2D eigenvalue weighted by molar-refractivity contribution is 4.76. The molecule has 5 heteroatoms. The standard InChI is InChI=1S/C11H20F3NO/c12-11(13,14)7-8-16-10-6-4-2-1-3-5-9(10)15/h9-10H,1-8,15H2. The van der Waals surface area contributed by atoms with E-state index in [1.54, 1.807) is 0 Å². The van der Waals surface area contributed by atoms with Gasteiger partial charge in [0.05, 0.1) is 19.1 Å². The summed E-state index contributed by atoms with van der Waals surface area (Å²) < 4.78 is 41.1. The molecule has 2 unspecified atom stereocenters. The maximum absolute atomic E-state index is 11.9. The molecule has 1 rings (SSSR count). The van der Waals surface area contributed by atoms with Crippen molar-refractivity contribution in [1.29, 1.82) is 0 Å². The summed E-state index contributed by atoms with van der Waals surface area (Å²) in [4.78, 5) is 0. The van der Waals surface area contributed by atoms with Gasteiger partial charge in [-0.2, -0.15) is 13.2 Å². The number of hydrogen-bond donors (Lipinski definition) is 1. The number of alkyl halides is 3. The van der Waals surface area contributed by atoms with Crippen LogP contribution < -0.4 is 5.73 Å². The van der Waals surface area contributed by atoms with E-state index in [1.165, 1.54) is 6.42 Å². The van der Waals surface area contributed by atoms with E-state index in [0.717, 1.165) is 32.1 Å². The van der Waals surface area contributed by atoms with Gasteiger partial charge in [-0.3, -0.25) is 0 Å². The molecule has 0 aromatic rings. The van der Waals surface area contributed by atoms with Gasteiger partial charge in [0.2, 0.25) is 0 Å². The lowest BCUT2D eigenvalue weighted by Crippen LogP contribution is -2.38. The van der Waals surface area contributed by atoms with Crippen molar-refractivity contribution in [2.24, 2.45) is 5.73 Å². The van der Waals surface area contributed by atoms with Crippen molar-refractivity contribution in [3.63, 3.8) is 0 Å². The molecular weight excluding hydrogens is 219 g/mol. The van der Waals surface area contributed by atoms with Crippen molar-refractivity contribution >= 4 is 0 Å². The molecule has 0 aromatic heterocycles. The van der Waals surface area contributed by atoms with Gasteiger partial charge in [0, 0.05) is 6.04 Å². The zero-order valence-corrected chi connectivity index (χ0v) is 9.43. The van der Waals surface area contributed by atoms with Crippen LogP contribution in [-0.4, -0.2) is 24.9 Å². The fourth-order valence-electron chi connectivity index (χ4n) is 2.01. The summed E-state index contributed by atoms with van der Waals surface area (Å²) in [6.07, 6.45) is 0.805. The lowest BCUT2D eigenvalue weighted by molar-refractivity contribution is -0.150. The van der Waals surface area contributed by atoms with Crippen LogP contribution in [0.3, 0.4) is 0 Å². The Kier molecular flexibility index (Phi) is 5.55. The van der Waals surface area contributed by atoms with Gasteiger partial charge in [-0.1, -0.05) is 25.7 Å². The number of hydrogen-bond acceptors (Lipinski definition) is 2. The van der Waals surface area contributed by atoms with E-state index in [-0.39, 0.29) is 18.8 Å². The van der Waals surface area contributed by atoms with Crippen molar-refractivity contribution < 1.29 is 17.9 Å². The predicted octanol–water partition coefficient (Wildman–Crippen LogP) is 3.01. The summed E-state index contributed by atoms with van der Waals surface area (Å²) in [7, 11) is 0. The molecule has 0 bridgehead atoms. The molecule has 2 atom stereocenters. The lowest BCUT2D eigenvalue weighted by atomic mass is 9.95. The Hall–Kier alpha value is -0.290. The molecule has 0 spiro atoms. The van der Waals surface area contributed by atoms with E-state index in [9.17, 15) is 13.2 Å². The van der Waals surface area contributed by atoms with Crippen LogP contribution >= 0.6 is 0 Å². The van der Waals surface area contributed by atoms with Crippen LogP contribution in [0.1, 0.15) is 44.9 Å². The molecule has 2 N–H and O–H groups in total. The van der Waals surface area contributed by atoms with Gasteiger partial charge in [-0.25, -0.2) is 0 Å². The molecule has 0 amide bonds. The molecule has 0 heterocycles. The van der Waals surface area contributed by atoms with Gasteiger partial charge in [0.25, 0.3) is 0 Å². The summed E-state index contributed by atoms with van der Waals surface area (Å²) in [5.41, 5.74) is 5.89. The van der Waals surface area contributed by atoms with Gasteiger partial charge in [-0.15, -0.1) is 0 Å². The molecule has 0 aliphatic heterocycles. The van der Waals surface area contributed by atoms with Crippen LogP contribution in [0.4, 0.5) is 13.2 Å². The van der Waals surface area contributed by atoms with Crippen LogP contribution in [0.2, 0.25) is 0 Å². The summed E-state index contributed by atoms with van der Waals surface area (Å²) in [5, 5.41) is 0. The molecule has 16 heavy (non-hydrogen) atoms. The van der Waals surface area contributed by atoms with Crippen molar-refractivity contribution in [2.75, 3.05) is 6.61 Å². The highest BCUT2D eigenvalue weighted by atomic mass is 19.4. The average molecular weight is 239 g/mol. The topological polar surface area (TPSA) is 35.2 Å². The Morgan fingerprint density at radius 3 is 2.31 bits per heavy atom. The first-order valence-corrected chi connectivity index (χ1v) is 5.93. The van der Waals surface area contributed by atoms with Crippen molar-refractivity contribution in [2.45, 2.75) is 63.3 Å². The van der Waals surface area contributed by atoms with E-state index in [2.05, 4.69) is 0 Å². The molecule has 0 radical (unpaired) electrons. The van der Waals surface area contributed by atoms with Gasteiger partial charge >= 0.3 is 6.18 Å². The third-order valence-corrected chi connectivity index (χ3v) is 2.97. The minimum Gasteiger partial charge on any atom is -0.376 e. The molecule has 1 aliphatic carbocycles. The first-order chi connectivity index (χ1) is 7.49. The monoisotopic (exact) mass is 239 g/mol. The van der Waals surface area contributed by atoms with Gasteiger partial charge in [0.1, 0.15) is 0 Å². The molecule has 1 saturated carbocycles. The van der Waals surface area contributed by atoms with E-state index < -0.39 is 12.6 Å². The zero-order valence-electron chi connectivity index (χ0n) is 9.43. The van der Waals surface area contributed by atoms with Crippen LogP contribution in [0, 0.1) is 0 Å². The Labute approximate surface area is 94.3 Å². The SMILES string of the molecule is NC1CCCCCCC1OCCC(F)(F)F. The third-order valence-electron chi connectivity index (χ3n) is 2.97.